The zero-order chi connectivity index (χ0) is 14.5. The Labute approximate surface area is 121 Å². The predicted molar refractivity (Wildman–Crippen MR) is 80.2 cm³/mol. The van der Waals surface area contributed by atoms with Crippen molar-refractivity contribution in [2.45, 2.75) is 58.3 Å². The van der Waals surface area contributed by atoms with Crippen molar-refractivity contribution in [3.05, 3.63) is 23.0 Å². The van der Waals surface area contributed by atoms with E-state index in [4.69, 9.17) is 9.47 Å². The van der Waals surface area contributed by atoms with Crippen LogP contribution in [0.15, 0.2) is 6.20 Å². The lowest BCUT2D eigenvalue weighted by atomic mass is 9.93. The second-order valence-corrected chi connectivity index (χ2v) is 5.62. The number of methoxy groups -OCH3 is 1. The van der Waals surface area contributed by atoms with Crippen LogP contribution >= 0.6 is 0 Å². The van der Waals surface area contributed by atoms with Crippen molar-refractivity contribution in [1.82, 2.24) is 10.3 Å². The van der Waals surface area contributed by atoms with E-state index in [1.165, 1.54) is 12.8 Å². The summed E-state index contributed by atoms with van der Waals surface area (Å²) in [6, 6.07) is 0.661. The van der Waals surface area contributed by atoms with Crippen LogP contribution in [-0.2, 0) is 11.3 Å². The molecule has 1 heterocycles. The average molecular weight is 278 g/mol. The molecule has 1 saturated carbocycles. The lowest BCUT2D eigenvalue weighted by molar-refractivity contribution is 0.00999. The molecule has 1 aromatic heterocycles. The summed E-state index contributed by atoms with van der Waals surface area (Å²) >= 11 is 0. The average Bonchev–Trinajstić information content (AvgIpc) is 2.47. The summed E-state index contributed by atoms with van der Waals surface area (Å²) in [4.78, 5) is 4.48. The van der Waals surface area contributed by atoms with Crippen LogP contribution in [0.3, 0.4) is 0 Å². The summed E-state index contributed by atoms with van der Waals surface area (Å²) in [5.41, 5.74) is 3.16. The highest BCUT2D eigenvalue weighted by molar-refractivity contribution is 5.40. The van der Waals surface area contributed by atoms with Crippen LogP contribution in [0.25, 0.3) is 0 Å². The van der Waals surface area contributed by atoms with Gasteiger partial charge in [-0.25, -0.2) is 0 Å². The Bertz CT molecular complexity index is 440. The van der Waals surface area contributed by atoms with Crippen LogP contribution in [0, 0.1) is 13.8 Å². The monoisotopic (exact) mass is 278 g/mol. The molecular formula is C16H26N2O2. The quantitative estimate of drug-likeness (QED) is 0.899. The van der Waals surface area contributed by atoms with Gasteiger partial charge in [0.05, 0.1) is 25.5 Å². The van der Waals surface area contributed by atoms with Crippen LogP contribution in [0.1, 0.15) is 42.5 Å². The van der Waals surface area contributed by atoms with Gasteiger partial charge >= 0.3 is 0 Å². The third-order valence-electron chi connectivity index (χ3n) is 4.29. The molecule has 1 aliphatic carbocycles. The van der Waals surface area contributed by atoms with Gasteiger partial charge in [-0.3, -0.25) is 4.98 Å². The van der Waals surface area contributed by atoms with Crippen molar-refractivity contribution in [3.8, 4) is 5.75 Å². The van der Waals surface area contributed by atoms with E-state index in [1.54, 1.807) is 7.11 Å². The molecule has 0 unspecified atom stereocenters. The first-order valence-electron chi connectivity index (χ1n) is 7.43. The minimum Gasteiger partial charge on any atom is -0.496 e. The summed E-state index contributed by atoms with van der Waals surface area (Å²) in [7, 11) is 3.75. The van der Waals surface area contributed by atoms with Gasteiger partial charge in [0, 0.05) is 23.4 Å². The molecule has 0 spiro atoms. The molecule has 1 fully saturated rings. The molecule has 0 bridgehead atoms. The summed E-state index contributed by atoms with van der Waals surface area (Å²) in [5, 5.41) is 3.34. The van der Waals surface area contributed by atoms with E-state index in [0.29, 0.717) is 18.8 Å². The molecule has 1 aliphatic rings. The van der Waals surface area contributed by atoms with Gasteiger partial charge in [-0.05, 0) is 46.6 Å². The summed E-state index contributed by atoms with van der Waals surface area (Å²) in [5.74, 6) is 0.928. The standard InChI is InChI=1S/C16H26N2O2/c1-11-9-18-15(12(2)16(11)19-4)10-20-14-7-5-13(17-3)6-8-14/h9,13-14,17H,5-8,10H2,1-4H3. The Morgan fingerprint density at radius 1 is 1.25 bits per heavy atom. The SMILES string of the molecule is CNC1CCC(OCc2ncc(C)c(OC)c2C)CC1. The van der Waals surface area contributed by atoms with Crippen LogP contribution < -0.4 is 10.1 Å². The van der Waals surface area contributed by atoms with Gasteiger partial charge in [0.2, 0.25) is 0 Å². The van der Waals surface area contributed by atoms with Crippen LogP contribution in [0.2, 0.25) is 0 Å². The minimum atomic E-state index is 0.369. The number of ether oxygens (including phenoxy) is 2. The van der Waals surface area contributed by atoms with Gasteiger partial charge in [-0.1, -0.05) is 0 Å². The Morgan fingerprint density at radius 2 is 1.95 bits per heavy atom. The number of aryl methyl sites for hydroxylation is 1. The fourth-order valence-electron chi connectivity index (χ4n) is 2.93. The van der Waals surface area contributed by atoms with Gasteiger partial charge in [0.1, 0.15) is 5.75 Å². The second kappa shape index (κ2) is 7.04. The van der Waals surface area contributed by atoms with Crippen LogP contribution in [0.4, 0.5) is 0 Å². The lowest BCUT2D eigenvalue weighted by Crippen LogP contribution is -2.32. The maximum absolute atomic E-state index is 6.04. The molecule has 20 heavy (non-hydrogen) atoms. The van der Waals surface area contributed by atoms with Crippen LogP contribution in [-0.4, -0.2) is 31.3 Å². The van der Waals surface area contributed by atoms with E-state index < -0.39 is 0 Å². The highest BCUT2D eigenvalue weighted by atomic mass is 16.5. The summed E-state index contributed by atoms with van der Waals surface area (Å²) < 4.78 is 11.5. The molecule has 0 aliphatic heterocycles. The number of nitrogens with one attached hydrogen (secondary N) is 1. The number of pyridine rings is 1. The molecule has 4 heteroatoms. The zero-order valence-electron chi connectivity index (χ0n) is 13.0. The van der Waals surface area contributed by atoms with E-state index in [-0.39, 0.29) is 0 Å². The normalized spacial score (nSPS) is 22.8. The largest absolute Gasteiger partial charge is 0.496 e. The molecule has 0 aromatic carbocycles. The third-order valence-corrected chi connectivity index (χ3v) is 4.29. The topological polar surface area (TPSA) is 43.4 Å². The first-order chi connectivity index (χ1) is 9.65. The van der Waals surface area contributed by atoms with Gasteiger partial charge in [0.15, 0.2) is 0 Å². The molecule has 0 atom stereocenters. The first-order valence-corrected chi connectivity index (χ1v) is 7.43. The fraction of sp³-hybridized carbons (Fsp3) is 0.688. The molecule has 0 saturated heterocycles. The van der Waals surface area contributed by atoms with Crippen LogP contribution in [0.5, 0.6) is 5.75 Å². The predicted octanol–water partition coefficient (Wildman–Crippen LogP) is 2.75. The maximum atomic E-state index is 6.04. The van der Waals surface area contributed by atoms with Crippen molar-refractivity contribution in [2.75, 3.05) is 14.2 Å². The van der Waals surface area contributed by atoms with Crippen molar-refractivity contribution >= 4 is 0 Å². The fourth-order valence-corrected chi connectivity index (χ4v) is 2.93. The number of rotatable bonds is 5. The molecule has 1 N–H and O–H groups in total. The number of nitrogens with zero attached hydrogens (tertiary/aromatic N) is 1. The van der Waals surface area contributed by atoms with Crippen molar-refractivity contribution < 1.29 is 9.47 Å². The second-order valence-electron chi connectivity index (χ2n) is 5.62. The molecule has 4 nitrogen and oxygen atoms in total. The van der Waals surface area contributed by atoms with E-state index in [2.05, 4.69) is 17.2 Å². The van der Waals surface area contributed by atoms with Gasteiger partial charge in [-0.15, -0.1) is 0 Å². The summed E-state index contributed by atoms with van der Waals surface area (Å²) in [6.45, 7) is 4.65. The highest BCUT2D eigenvalue weighted by Crippen LogP contribution is 2.26. The molecule has 1 aromatic rings. The Morgan fingerprint density at radius 3 is 2.55 bits per heavy atom. The Kier molecular flexibility index (Phi) is 5.38. The van der Waals surface area contributed by atoms with Gasteiger partial charge in [-0.2, -0.15) is 0 Å². The van der Waals surface area contributed by atoms with Crippen molar-refractivity contribution in [2.24, 2.45) is 0 Å². The number of hydrogen-bond acceptors (Lipinski definition) is 4. The smallest absolute Gasteiger partial charge is 0.128 e. The maximum Gasteiger partial charge on any atom is 0.128 e. The minimum absolute atomic E-state index is 0.369. The number of aromatic nitrogens is 1. The van der Waals surface area contributed by atoms with Gasteiger partial charge in [0.25, 0.3) is 0 Å². The molecule has 0 amide bonds. The van der Waals surface area contributed by atoms with E-state index >= 15 is 0 Å². The van der Waals surface area contributed by atoms with E-state index in [0.717, 1.165) is 35.4 Å². The number of hydrogen-bond donors (Lipinski definition) is 1. The third kappa shape index (κ3) is 3.49. The highest BCUT2D eigenvalue weighted by Gasteiger charge is 2.21. The van der Waals surface area contributed by atoms with Crippen molar-refractivity contribution in [1.29, 1.82) is 0 Å². The lowest BCUT2D eigenvalue weighted by Gasteiger charge is -2.28. The molecule has 112 valence electrons. The van der Waals surface area contributed by atoms with Gasteiger partial charge < -0.3 is 14.8 Å². The Hall–Kier alpha value is -1.13. The molecule has 2 rings (SSSR count). The Balaban J connectivity index is 1.92. The van der Waals surface area contributed by atoms with E-state index in [9.17, 15) is 0 Å². The van der Waals surface area contributed by atoms with E-state index in [1.807, 2.05) is 20.2 Å². The molecular weight excluding hydrogens is 252 g/mol. The zero-order valence-corrected chi connectivity index (χ0v) is 13.0. The van der Waals surface area contributed by atoms with Crippen molar-refractivity contribution in [3.63, 3.8) is 0 Å². The summed E-state index contributed by atoms with van der Waals surface area (Å²) in [6.07, 6.45) is 6.90. The first kappa shape index (κ1) is 15.3. The molecule has 0 radical (unpaired) electrons.